The molecule has 0 saturated carbocycles. The molecule has 1 N–H and O–H groups in total. The van der Waals surface area contributed by atoms with Crippen molar-refractivity contribution in [1.29, 1.82) is 0 Å². The Hall–Kier alpha value is -1.13. The van der Waals surface area contributed by atoms with Crippen LogP contribution in [0.4, 0.5) is 5.82 Å². The summed E-state index contributed by atoms with van der Waals surface area (Å²) < 4.78 is 0. The van der Waals surface area contributed by atoms with Gasteiger partial charge in [0.15, 0.2) is 0 Å². The summed E-state index contributed by atoms with van der Waals surface area (Å²) in [4.78, 5) is 9.08. The number of anilines is 1. The first kappa shape index (κ1) is 13.3. The molecule has 18 heavy (non-hydrogen) atoms. The van der Waals surface area contributed by atoms with Crippen molar-refractivity contribution in [2.45, 2.75) is 31.9 Å². The Kier molecular flexibility index (Phi) is 4.19. The third-order valence-corrected chi connectivity index (χ3v) is 3.85. The molecule has 1 aliphatic heterocycles. The fourth-order valence-corrected chi connectivity index (χ4v) is 2.42. The highest BCUT2D eigenvalue weighted by Gasteiger charge is 2.21. The Bertz CT molecular complexity index is 369. The minimum atomic E-state index is -0.444. The number of likely N-dealkylation sites (tertiary alicyclic amines) is 1. The predicted molar refractivity (Wildman–Crippen MR) is 73.8 cm³/mol. The van der Waals surface area contributed by atoms with Crippen LogP contribution in [0.25, 0.3) is 0 Å². The van der Waals surface area contributed by atoms with Gasteiger partial charge in [0.05, 0.1) is 6.10 Å². The van der Waals surface area contributed by atoms with Crippen LogP contribution in [0.2, 0.25) is 0 Å². The van der Waals surface area contributed by atoms with E-state index >= 15 is 0 Å². The number of aliphatic hydroxyl groups is 1. The molecule has 2 rings (SSSR count). The van der Waals surface area contributed by atoms with Gasteiger partial charge in [-0.3, -0.25) is 0 Å². The Morgan fingerprint density at radius 1 is 1.39 bits per heavy atom. The second-order valence-electron chi connectivity index (χ2n) is 5.27. The van der Waals surface area contributed by atoms with Gasteiger partial charge in [0.2, 0.25) is 0 Å². The van der Waals surface area contributed by atoms with E-state index in [4.69, 9.17) is 0 Å². The summed E-state index contributed by atoms with van der Waals surface area (Å²) in [5.74, 6) is 0.994. The van der Waals surface area contributed by atoms with Crippen LogP contribution in [0.5, 0.6) is 0 Å². The van der Waals surface area contributed by atoms with E-state index in [9.17, 15) is 5.11 Å². The van der Waals surface area contributed by atoms with Crippen LogP contribution in [0, 0.1) is 0 Å². The van der Waals surface area contributed by atoms with Crippen LogP contribution in [0.15, 0.2) is 18.3 Å². The van der Waals surface area contributed by atoms with Crippen LogP contribution in [0.1, 0.15) is 31.4 Å². The Morgan fingerprint density at radius 3 is 2.56 bits per heavy atom. The molecule has 100 valence electrons. The van der Waals surface area contributed by atoms with Crippen molar-refractivity contribution in [2.24, 2.45) is 0 Å². The lowest BCUT2D eigenvalue weighted by Gasteiger charge is -2.35. The summed E-state index contributed by atoms with van der Waals surface area (Å²) in [5.41, 5.74) is 0.871. The molecule has 1 aromatic heterocycles. The van der Waals surface area contributed by atoms with Crippen LogP contribution >= 0.6 is 0 Å². The highest BCUT2D eigenvalue weighted by atomic mass is 16.3. The van der Waals surface area contributed by atoms with Crippen LogP contribution < -0.4 is 4.90 Å². The van der Waals surface area contributed by atoms with Gasteiger partial charge < -0.3 is 14.9 Å². The topological polar surface area (TPSA) is 39.6 Å². The average molecular weight is 249 g/mol. The molecule has 4 heteroatoms. The van der Waals surface area contributed by atoms with Crippen molar-refractivity contribution in [3.63, 3.8) is 0 Å². The number of rotatable bonds is 3. The molecule has 2 heterocycles. The minimum Gasteiger partial charge on any atom is -0.389 e. The van der Waals surface area contributed by atoms with Gasteiger partial charge in [-0.25, -0.2) is 4.98 Å². The van der Waals surface area contributed by atoms with E-state index in [-0.39, 0.29) is 0 Å². The lowest BCUT2D eigenvalue weighted by atomic mass is 10.0. The van der Waals surface area contributed by atoms with Crippen molar-refractivity contribution in [3.8, 4) is 0 Å². The van der Waals surface area contributed by atoms with Gasteiger partial charge in [-0.1, -0.05) is 6.07 Å². The average Bonchev–Trinajstić information content (AvgIpc) is 2.39. The molecule has 1 aliphatic rings. The van der Waals surface area contributed by atoms with Gasteiger partial charge in [0.25, 0.3) is 0 Å². The van der Waals surface area contributed by atoms with Crippen LogP contribution in [0.3, 0.4) is 0 Å². The van der Waals surface area contributed by atoms with Gasteiger partial charge in [0.1, 0.15) is 5.82 Å². The van der Waals surface area contributed by atoms with Crippen molar-refractivity contribution in [2.75, 3.05) is 32.1 Å². The Labute approximate surface area is 109 Å². The quantitative estimate of drug-likeness (QED) is 0.884. The first-order valence-corrected chi connectivity index (χ1v) is 6.63. The summed E-state index contributed by atoms with van der Waals surface area (Å²) in [6.45, 7) is 4.07. The van der Waals surface area contributed by atoms with Gasteiger partial charge in [-0.2, -0.15) is 0 Å². The van der Waals surface area contributed by atoms with Gasteiger partial charge >= 0.3 is 0 Å². The maximum atomic E-state index is 9.47. The fourth-order valence-electron chi connectivity index (χ4n) is 2.42. The third-order valence-electron chi connectivity index (χ3n) is 3.85. The molecule has 0 bridgehead atoms. The lowest BCUT2D eigenvalue weighted by molar-refractivity contribution is 0.199. The van der Waals surface area contributed by atoms with E-state index in [2.05, 4.69) is 28.9 Å². The molecule has 0 aromatic carbocycles. The first-order valence-electron chi connectivity index (χ1n) is 6.63. The largest absolute Gasteiger partial charge is 0.389 e. The number of hydrogen-bond acceptors (Lipinski definition) is 4. The molecule has 1 saturated heterocycles. The van der Waals surface area contributed by atoms with E-state index in [0.29, 0.717) is 6.04 Å². The molecular weight excluding hydrogens is 226 g/mol. The number of pyridine rings is 1. The maximum absolute atomic E-state index is 9.47. The normalized spacial score (nSPS) is 19.8. The van der Waals surface area contributed by atoms with E-state index < -0.39 is 6.10 Å². The molecule has 0 radical (unpaired) electrons. The minimum absolute atomic E-state index is 0.444. The Morgan fingerprint density at radius 2 is 2.06 bits per heavy atom. The zero-order valence-electron chi connectivity index (χ0n) is 11.5. The van der Waals surface area contributed by atoms with E-state index in [1.54, 1.807) is 13.1 Å². The molecule has 4 nitrogen and oxygen atoms in total. The molecule has 0 aliphatic carbocycles. The predicted octanol–water partition coefficient (Wildman–Crippen LogP) is 1.67. The monoisotopic (exact) mass is 249 g/mol. The summed E-state index contributed by atoms with van der Waals surface area (Å²) in [6.07, 6.45) is 3.70. The van der Waals surface area contributed by atoms with Crippen LogP contribution in [-0.4, -0.2) is 48.2 Å². The molecule has 1 aromatic rings. The standard InChI is InChI=1S/C14H23N3O/c1-11(18)12-4-5-14(15-10-12)17(3)13-6-8-16(2)9-7-13/h4-5,10-11,13,18H,6-9H2,1-3H3/t11-/m1/s1. The van der Waals surface area contributed by atoms with Gasteiger partial charge in [-0.15, -0.1) is 0 Å². The SMILES string of the molecule is C[C@@H](O)c1ccc(N(C)C2CCN(C)CC2)nc1. The van der Waals surface area contributed by atoms with Crippen molar-refractivity contribution in [1.82, 2.24) is 9.88 Å². The van der Waals surface area contributed by atoms with Crippen LogP contribution in [-0.2, 0) is 0 Å². The molecule has 1 fully saturated rings. The summed E-state index contributed by atoms with van der Waals surface area (Å²) >= 11 is 0. The van der Waals surface area contributed by atoms with Gasteiger partial charge in [0, 0.05) is 19.3 Å². The number of aromatic nitrogens is 1. The summed E-state index contributed by atoms with van der Waals surface area (Å²) in [6, 6.07) is 4.53. The lowest BCUT2D eigenvalue weighted by Crippen LogP contribution is -2.42. The van der Waals surface area contributed by atoms with E-state index in [1.807, 2.05) is 12.1 Å². The van der Waals surface area contributed by atoms with Crippen molar-refractivity contribution >= 4 is 5.82 Å². The molecule has 0 amide bonds. The molecule has 0 spiro atoms. The zero-order valence-corrected chi connectivity index (χ0v) is 11.5. The number of hydrogen-bond donors (Lipinski definition) is 1. The highest BCUT2D eigenvalue weighted by Crippen LogP contribution is 2.21. The maximum Gasteiger partial charge on any atom is 0.128 e. The van der Waals surface area contributed by atoms with Crippen molar-refractivity contribution in [3.05, 3.63) is 23.9 Å². The number of aliphatic hydroxyl groups excluding tert-OH is 1. The first-order chi connectivity index (χ1) is 8.58. The van der Waals surface area contributed by atoms with E-state index in [0.717, 1.165) is 24.5 Å². The smallest absolute Gasteiger partial charge is 0.128 e. The molecule has 0 unspecified atom stereocenters. The fraction of sp³-hybridized carbons (Fsp3) is 0.643. The second-order valence-corrected chi connectivity index (χ2v) is 5.27. The molecule has 1 atom stereocenters. The van der Waals surface area contributed by atoms with E-state index in [1.165, 1.54) is 12.8 Å². The Balaban J connectivity index is 2.02. The second kappa shape index (κ2) is 5.67. The number of piperidine rings is 1. The third kappa shape index (κ3) is 3.00. The molecular formula is C14H23N3O. The van der Waals surface area contributed by atoms with Gasteiger partial charge in [-0.05, 0) is 51.5 Å². The van der Waals surface area contributed by atoms with Crippen molar-refractivity contribution < 1.29 is 5.11 Å². The zero-order chi connectivity index (χ0) is 13.1. The number of nitrogens with zero attached hydrogens (tertiary/aromatic N) is 3. The summed E-state index contributed by atoms with van der Waals surface area (Å²) in [7, 11) is 4.28. The summed E-state index contributed by atoms with van der Waals surface area (Å²) in [5, 5.41) is 9.47. The highest BCUT2D eigenvalue weighted by molar-refractivity contribution is 5.40.